The molecule has 0 aliphatic carbocycles. The van der Waals surface area contributed by atoms with Crippen molar-refractivity contribution in [3.63, 3.8) is 0 Å². The van der Waals surface area contributed by atoms with Crippen LogP contribution in [0.3, 0.4) is 0 Å². The highest BCUT2D eigenvalue weighted by molar-refractivity contribution is 8.19. The molecule has 0 bridgehead atoms. The molecule has 0 radical (unpaired) electrons. The van der Waals surface area contributed by atoms with Crippen LogP contribution in [0.1, 0.15) is 27.8 Å². The van der Waals surface area contributed by atoms with Crippen LogP contribution in [-0.4, -0.2) is 23.5 Å². The molecule has 5 rings (SSSR count). The van der Waals surface area contributed by atoms with Crippen molar-refractivity contribution < 1.29 is 9.59 Å². The van der Waals surface area contributed by atoms with Crippen molar-refractivity contribution >= 4 is 51.4 Å². The number of benzene rings is 3. The summed E-state index contributed by atoms with van der Waals surface area (Å²) in [5.41, 5.74) is 7.77. The van der Waals surface area contributed by atoms with Crippen LogP contribution in [0.2, 0.25) is 0 Å². The first kappa shape index (κ1) is 23.8. The molecule has 0 atom stereocenters. The normalized spacial score (nSPS) is 18.4. The summed E-state index contributed by atoms with van der Waals surface area (Å²) in [5.74, 6) is -0.438. The van der Waals surface area contributed by atoms with Gasteiger partial charge in [0.1, 0.15) is 0 Å². The quantitative estimate of drug-likeness (QED) is 0.303. The molecule has 2 aliphatic heterocycles. The second kappa shape index (κ2) is 9.28. The van der Waals surface area contributed by atoms with Gasteiger partial charge in [0.15, 0.2) is 5.17 Å². The molecule has 0 aromatic heterocycles. The fraction of sp³-hybridized carbons (Fsp3) is 0.167. The summed E-state index contributed by atoms with van der Waals surface area (Å²) in [6.45, 7) is 12.2. The predicted octanol–water partition coefficient (Wildman–Crippen LogP) is 6.63. The number of amides is 2. The third-order valence-electron chi connectivity index (χ3n) is 6.14. The third kappa shape index (κ3) is 4.18. The predicted molar refractivity (Wildman–Crippen MR) is 150 cm³/mol. The van der Waals surface area contributed by atoms with E-state index in [1.807, 2.05) is 76.2 Å². The largest absolute Gasteiger partial charge is 0.304 e. The Balaban J connectivity index is 1.72. The number of amidine groups is 1. The smallest absolute Gasteiger partial charge is 0.272 e. The summed E-state index contributed by atoms with van der Waals surface area (Å²) in [5, 5.41) is 0.532. The Morgan fingerprint density at radius 2 is 1.47 bits per heavy atom. The molecule has 5 nitrogen and oxygen atoms in total. The molecule has 36 heavy (non-hydrogen) atoms. The average molecular weight is 494 g/mol. The zero-order valence-electron chi connectivity index (χ0n) is 20.8. The number of nitrogens with zero attached hydrogens (tertiary/aromatic N) is 3. The number of carbonyl (C=O) groups excluding carboxylic acids is 2. The Kier molecular flexibility index (Phi) is 6.14. The maximum absolute atomic E-state index is 14.0. The van der Waals surface area contributed by atoms with Crippen molar-refractivity contribution in [1.82, 2.24) is 0 Å². The SMILES string of the molecule is C=CCN1C(=O)/C(=C2/SC(=Nc3cc(C)cc(C)c3)N(c3cc(C)cc(C)c3)C2=O)c2ccccc21. The molecule has 180 valence electrons. The summed E-state index contributed by atoms with van der Waals surface area (Å²) in [6.07, 6.45) is 1.70. The van der Waals surface area contributed by atoms with Gasteiger partial charge in [0.2, 0.25) is 0 Å². The monoisotopic (exact) mass is 493 g/mol. The van der Waals surface area contributed by atoms with Gasteiger partial charge in [-0.2, -0.15) is 0 Å². The molecule has 2 aliphatic rings. The van der Waals surface area contributed by atoms with Gasteiger partial charge in [-0.25, -0.2) is 4.99 Å². The Morgan fingerprint density at radius 1 is 0.861 bits per heavy atom. The standard InChI is InChI=1S/C30H27N3O2S/c1-6-11-32-25-10-8-7-9-24(25)26(28(32)34)27-29(35)33(23-16-20(4)13-21(5)17-23)30(36-27)31-22-14-18(2)12-19(3)15-22/h6-10,12-17H,1,11H2,2-5H3/b27-26+,31-30?. The van der Waals surface area contributed by atoms with Gasteiger partial charge in [-0.1, -0.05) is 36.4 Å². The number of hydrogen-bond acceptors (Lipinski definition) is 4. The fourth-order valence-electron chi connectivity index (χ4n) is 4.84. The van der Waals surface area contributed by atoms with E-state index in [2.05, 4.69) is 18.7 Å². The number of fused-ring (bicyclic) bond motifs is 1. The minimum atomic E-state index is -0.244. The van der Waals surface area contributed by atoms with E-state index in [1.54, 1.807) is 15.9 Å². The topological polar surface area (TPSA) is 53.0 Å². The molecular formula is C30H27N3O2S. The van der Waals surface area contributed by atoms with E-state index in [1.165, 1.54) is 11.8 Å². The van der Waals surface area contributed by atoms with Crippen LogP contribution < -0.4 is 9.80 Å². The lowest BCUT2D eigenvalue weighted by Crippen LogP contribution is -2.30. The van der Waals surface area contributed by atoms with E-state index in [4.69, 9.17) is 4.99 Å². The fourth-order valence-corrected chi connectivity index (χ4v) is 5.93. The highest BCUT2D eigenvalue weighted by Crippen LogP contribution is 2.46. The summed E-state index contributed by atoms with van der Waals surface area (Å²) in [7, 11) is 0. The number of aryl methyl sites for hydroxylation is 4. The van der Waals surface area contributed by atoms with Crippen LogP contribution in [0, 0.1) is 27.7 Å². The van der Waals surface area contributed by atoms with Crippen molar-refractivity contribution in [3.8, 4) is 0 Å². The Bertz CT molecular complexity index is 1460. The maximum Gasteiger partial charge on any atom is 0.272 e. The summed E-state index contributed by atoms with van der Waals surface area (Å²) >= 11 is 1.26. The highest BCUT2D eigenvalue weighted by Gasteiger charge is 2.43. The zero-order valence-corrected chi connectivity index (χ0v) is 21.6. The van der Waals surface area contributed by atoms with Crippen LogP contribution >= 0.6 is 11.8 Å². The van der Waals surface area contributed by atoms with Gasteiger partial charge in [-0.05, 0) is 92.0 Å². The molecule has 2 amide bonds. The molecule has 1 saturated heterocycles. The van der Waals surface area contributed by atoms with Gasteiger partial charge in [0.05, 0.1) is 27.5 Å². The molecule has 1 fully saturated rings. The summed E-state index contributed by atoms with van der Waals surface area (Å²) in [4.78, 5) is 36.2. The lowest BCUT2D eigenvalue weighted by atomic mass is 10.1. The number of anilines is 2. The van der Waals surface area contributed by atoms with Crippen molar-refractivity contribution in [2.75, 3.05) is 16.3 Å². The molecule has 0 N–H and O–H groups in total. The minimum Gasteiger partial charge on any atom is -0.304 e. The van der Waals surface area contributed by atoms with E-state index in [-0.39, 0.29) is 11.8 Å². The van der Waals surface area contributed by atoms with E-state index >= 15 is 0 Å². The first-order valence-electron chi connectivity index (χ1n) is 11.8. The van der Waals surface area contributed by atoms with Crippen molar-refractivity contribution in [1.29, 1.82) is 0 Å². The zero-order chi connectivity index (χ0) is 25.6. The number of aliphatic imine (C=N–C) groups is 1. The lowest BCUT2D eigenvalue weighted by molar-refractivity contribution is -0.115. The van der Waals surface area contributed by atoms with Crippen LogP contribution in [-0.2, 0) is 9.59 Å². The number of hydrogen-bond donors (Lipinski definition) is 0. The van der Waals surface area contributed by atoms with Crippen LogP contribution in [0.15, 0.2) is 83.2 Å². The maximum atomic E-state index is 14.0. The first-order chi connectivity index (χ1) is 17.3. The second-order valence-electron chi connectivity index (χ2n) is 9.25. The van der Waals surface area contributed by atoms with Gasteiger partial charge >= 0.3 is 0 Å². The molecule has 0 saturated carbocycles. The van der Waals surface area contributed by atoms with Crippen LogP contribution in [0.25, 0.3) is 5.57 Å². The van der Waals surface area contributed by atoms with Gasteiger partial charge in [0, 0.05) is 12.1 Å². The molecule has 6 heteroatoms. The summed E-state index contributed by atoms with van der Waals surface area (Å²) in [6, 6.07) is 19.7. The molecule has 3 aromatic carbocycles. The van der Waals surface area contributed by atoms with E-state index < -0.39 is 0 Å². The summed E-state index contributed by atoms with van der Waals surface area (Å²) < 4.78 is 0. The van der Waals surface area contributed by atoms with Crippen LogP contribution in [0.5, 0.6) is 0 Å². The molecule has 3 aromatic rings. The Labute approximate surface area is 215 Å². The van der Waals surface area contributed by atoms with Crippen molar-refractivity contribution in [3.05, 3.63) is 106 Å². The number of para-hydroxylation sites is 1. The lowest BCUT2D eigenvalue weighted by Gasteiger charge is -2.17. The van der Waals surface area contributed by atoms with Gasteiger partial charge in [-0.15, -0.1) is 6.58 Å². The van der Waals surface area contributed by atoms with Gasteiger partial charge < -0.3 is 4.90 Å². The first-order valence-corrected chi connectivity index (χ1v) is 12.6. The van der Waals surface area contributed by atoms with Crippen molar-refractivity contribution in [2.24, 2.45) is 4.99 Å². The minimum absolute atomic E-state index is 0.194. The van der Waals surface area contributed by atoms with Gasteiger partial charge in [0.25, 0.3) is 11.8 Å². The average Bonchev–Trinajstić information content (AvgIpc) is 3.26. The van der Waals surface area contributed by atoms with Crippen LogP contribution in [0.4, 0.5) is 17.1 Å². The third-order valence-corrected chi connectivity index (χ3v) is 7.18. The van der Waals surface area contributed by atoms with E-state index in [9.17, 15) is 9.59 Å². The van der Waals surface area contributed by atoms with Crippen molar-refractivity contribution in [2.45, 2.75) is 27.7 Å². The highest BCUT2D eigenvalue weighted by atomic mass is 32.2. The van der Waals surface area contributed by atoms with E-state index in [0.717, 1.165) is 44.9 Å². The Morgan fingerprint density at radius 3 is 2.11 bits per heavy atom. The second-order valence-corrected chi connectivity index (χ2v) is 10.2. The number of rotatable bonds is 4. The number of thioether (sulfide) groups is 1. The Hall–Kier alpha value is -3.90. The molecular weight excluding hydrogens is 466 g/mol. The molecule has 2 heterocycles. The molecule has 0 spiro atoms. The van der Waals surface area contributed by atoms with Gasteiger partial charge in [-0.3, -0.25) is 14.5 Å². The van der Waals surface area contributed by atoms with E-state index in [0.29, 0.717) is 22.2 Å². The number of carbonyl (C=O) groups is 2. The molecule has 0 unspecified atom stereocenters.